The van der Waals surface area contributed by atoms with Crippen molar-refractivity contribution in [1.82, 2.24) is 4.98 Å². The zero-order valence-electron chi connectivity index (χ0n) is 12.0. The lowest BCUT2D eigenvalue weighted by Crippen LogP contribution is -2.26. The minimum absolute atomic E-state index is 0.617. The van der Waals surface area contributed by atoms with Crippen molar-refractivity contribution < 1.29 is 0 Å². The molecular formula is C15H25N3S. The van der Waals surface area contributed by atoms with Gasteiger partial charge in [-0.3, -0.25) is 0 Å². The second-order valence-electron chi connectivity index (χ2n) is 5.03. The van der Waals surface area contributed by atoms with Gasteiger partial charge >= 0.3 is 0 Å². The summed E-state index contributed by atoms with van der Waals surface area (Å²) in [5, 5.41) is 7.80. The summed E-state index contributed by atoms with van der Waals surface area (Å²) < 4.78 is 0. The number of hydrogen-bond donors (Lipinski definition) is 2. The molecule has 1 heterocycles. The van der Waals surface area contributed by atoms with Gasteiger partial charge in [-0.1, -0.05) is 20.3 Å². The summed E-state index contributed by atoms with van der Waals surface area (Å²) in [5.74, 6) is 2.19. The molecule has 4 heteroatoms. The van der Waals surface area contributed by atoms with Gasteiger partial charge in [0.15, 0.2) is 0 Å². The third-order valence-corrected chi connectivity index (χ3v) is 4.83. The van der Waals surface area contributed by atoms with Crippen LogP contribution in [-0.2, 0) is 0 Å². The van der Waals surface area contributed by atoms with E-state index in [0.29, 0.717) is 6.04 Å². The number of nitrogens with one attached hydrogen (secondary N) is 2. The first-order chi connectivity index (χ1) is 9.33. The zero-order chi connectivity index (χ0) is 13.5. The fourth-order valence-electron chi connectivity index (χ4n) is 2.59. The van der Waals surface area contributed by atoms with E-state index in [-0.39, 0.29) is 0 Å². The first-order valence-corrected chi connectivity index (χ1v) is 8.46. The van der Waals surface area contributed by atoms with Crippen LogP contribution in [0.4, 0.5) is 11.5 Å². The maximum absolute atomic E-state index is 4.35. The van der Waals surface area contributed by atoms with Gasteiger partial charge in [-0.15, -0.1) is 0 Å². The molecular weight excluding hydrogens is 254 g/mol. The summed E-state index contributed by atoms with van der Waals surface area (Å²) in [7, 11) is 0. The van der Waals surface area contributed by atoms with E-state index < -0.39 is 0 Å². The number of thioether (sulfide) groups is 1. The maximum atomic E-state index is 4.35. The predicted molar refractivity (Wildman–Crippen MR) is 86.2 cm³/mol. The second kappa shape index (κ2) is 7.63. The molecule has 1 aromatic heterocycles. The van der Waals surface area contributed by atoms with E-state index in [4.69, 9.17) is 0 Å². The van der Waals surface area contributed by atoms with E-state index in [1.54, 1.807) is 0 Å². The van der Waals surface area contributed by atoms with Crippen LogP contribution >= 0.6 is 11.8 Å². The van der Waals surface area contributed by atoms with Crippen LogP contribution in [0, 0.1) is 0 Å². The van der Waals surface area contributed by atoms with E-state index in [1.807, 2.05) is 6.20 Å². The van der Waals surface area contributed by atoms with Crippen LogP contribution in [0.3, 0.4) is 0 Å². The predicted octanol–water partition coefficient (Wildman–Crippen LogP) is 3.99. The fourth-order valence-corrected chi connectivity index (χ4v) is 3.79. The van der Waals surface area contributed by atoms with Crippen LogP contribution in [0.1, 0.15) is 39.5 Å². The minimum Gasteiger partial charge on any atom is -0.381 e. The summed E-state index contributed by atoms with van der Waals surface area (Å²) in [6.07, 6.45) is 7.00. The molecule has 2 rings (SSSR count). The molecule has 0 aliphatic heterocycles. The third kappa shape index (κ3) is 4.30. The molecule has 1 saturated carbocycles. The molecule has 1 aliphatic carbocycles. The smallest absolute Gasteiger partial charge is 0.127 e. The van der Waals surface area contributed by atoms with Gasteiger partial charge in [0.25, 0.3) is 0 Å². The summed E-state index contributed by atoms with van der Waals surface area (Å²) in [4.78, 5) is 4.35. The lowest BCUT2D eigenvalue weighted by atomic mass is 10.2. The molecule has 0 aromatic carbocycles. The van der Waals surface area contributed by atoms with E-state index in [1.165, 1.54) is 30.7 Å². The molecule has 2 unspecified atom stereocenters. The number of rotatable bonds is 7. The SMILES string of the molecule is CCCNc1cc(NC2CCCC2SCC)ccn1. The number of aromatic nitrogens is 1. The standard InChI is InChI=1S/C15H25N3S/c1-3-9-16-15-11-12(8-10-17-15)18-13-6-5-7-14(13)19-4-2/h8,10-11,13-14H,3-7,9H2,1-2H3,(H2,16,17,18). The van der Waals surface area contributed by atoms with Crippen molar-refractivity contribution in [2.24, 2.45) is 0 Å². The lowest BCUT2D eigenvalue weighted by Gasteiger charge is -2.21. The number of pyridine rings is 1. The number of anilines is 2. The molecule has 19 heavy (non-hydrogen) atoms. The Kier molecular flexibility index (Phi) is 5.83. The Bertz CT molecular complexity index is 383. The zero-order valence-corrected chi connectivity index (χ0v) is 12.8. The highest BCUT2D eigenvalue weighted by Gasteiger charge is 2.26. The average molecular weight is 279 g/mol. The molecule has 0 spiro atoms. The topological polar surface area (TPSA) is 37.0 Å². The van der Waals surface area contributed by atoms with Crippen molar-refractivity contribution in [2.45, 2.75) is 50.8 Å². The van der Waals surface area contributed by atoms with Crippen molar-refractivity contribution in [3.05, 3.63) is 18.3 Å². The van der Waals surface area contributed by atoms with Gasteiger partial charge < -0.3 is 10.6 Å². The highest BCUT2D eigenvalue weighted by molar-refractivity contribution is 7.99. The van der Waals surface area contributed by atoms with Crippen LogP contribution in [-0.4, -0.2) is 28.6 Å². The summed E-state index contributed by atoms with van der Waals surface area (Å²) in [6, 6.07) is 4.82. The molecule has 1 fully saturated rings. The van der Waals surface area contributed by atoms with E-state index in [2.05, 4.69) is 53.4 Å². The van der Waals surface area contributed by atoms with Crippen molar-refractivity contribution in [2.75, 3.05) is 22.9 Å². The van der Waals surface area contributed by atoms with Crippen LogP contribution in [0.25, 0.3) is 0 Å². The van der Waals surface area contributed by atoms with Crippen molar-refractivity contribution in [1.29, 1.82) is 0 Å². The van der Waals surface area contributed by atoms with Crippen molar-refractivity contribution >= 4 is 23.3 Å². The quantitative estimate of drug-likeness (QED) is 0.791. The van der Waals surface area contributed by atoms with E-state index in [9.17, 15) is 0 Å². The van der Waals surface area contributed by atoms with Crippen LogP contribution < -0.4 is 10.6 Å². The Morgan fingerprint density at radius 1 is 1.37 bits per heavy atom. The molecule has 2 N–H and O–H groups in total. The Hall–Kier alpha value is -0.900. The van der Waals surface area contributed by atoms with Gasteiger partial charge in [-0.2, -0.15) is 11.8 Å². The van der Waals surface area contributed by atoms with Gasteiger partial charge in [0, 0.05) is 35.8 Å². The Morgan fingerprint density at radius 2 is 2.26 bits per heavy atom. The largest absolute Gasteiger partial charge is 0.381 e. The molecule has 3 nitrogen and oxygen atoms in total. The highest BCUT2D eigenvalue weighted by atomic mass is 32.2. The molecule has 1 aromatic rings. The van der Waals surface area contributed by atoms with Crippen LogP contribution in [0.15, 0.2) is 18.3 Å². The van der Waals surface area contributed by atoms with Crippen LogP contribution in [0.5, 0.6) is 0 Å². The molecule has 0 amide bonds. The van der Waals surface area contributed by atoms with Crippen LogP contribution in [0.2, 0.25) is 0 Å². The average Bonchev–Trinajstić information content (AvgIpc) is 2.85. The lowest BCUT2D eigenvalue weighted by molar-refractivity contribution is 0.767. The van der Waals surface area contributed by atoms with E-state index in [0.717, 1.165) is 24.0 Å². The third-order valence-electron chi connectivity index (χ3n) is 3.50. The molecule has 106 valence electrons. The normalized spacial score (nSPS) is 22.4. The van der Waals surface area contributed by atoms with Gasteiger partial charge in [-0.05, 0) is 31.1 Å². The monoisotopic (exact) mass is 279 g/mol. The Balaban J connectivity index is 1.94. The second-order valence-corrected chi connectivity index (χ2v) is 6.55. The number of hydrogen-bond acceptors (Lipinski definition) is 4. The molecule has 1 aliphatic rings. The fraction of sp³-hybridized carbons (Fsp3) is 0.667. The van der Waals surface area contributed by atoms with Crippen molar-refractivity contribution in [3.8, 4) is 0 Å². The maximum Gasteiger partial charge on any atom is 0.127 e. The number of nitrogens with zero attached hydrogens (tertiary/aromatic N) is 1. The first-order valence-electron chi connectivity index (χ1n) is 7.41. The summed E-state index contributed by atoms with van der Waals surface area (Å²) >= 11 is 2.09. The Morgan fingerprint density at radius 3 is 3.05 bits per heavy atom. The van der Waals surface area contributed by atoms with Gasteiger partial charge in [0.05, 0.1) is 0 Å². The van der Waals surface area contributed by atoms with E-state index >= 15 is 0 Å². The van der Waals surface area contributed by atoms with Gasteiger partial charge in [0.2, 0.25) is 0 Å². The molecule has 0 bridgehead atoms. The first kappa shape index (κ1) is 14.5. The molecule has 0 saturated heterocycles. The summed E-state index contributed by atoms with van der Waals surface area (Å²) in [6.45, 7) is 5.40. The molecule has 2 atom stereocenters. The van der Waals surface area contributed by atoms with Crippen molar-refractivity contribution in [3.63, 3.8) is 0 Å². The minimum atomic E-state index is 0.617. The van der Waals surface area contributed by atoms with Gasteiger partial charge in [-0.25, -0.2) is 4.98 Å². The highest BCUT2D eigenvalue weighted by Crippen LogP contribution is 2.32. The Labute approximate surface area is 121 Å². The summed E-state index contributed by atoms with van der Waals surface area (Å²) in [5.41, 5.74) is 1.20. The van der Waals surface area contributed by atoms with Gasteiger partial charge in [0.1, 0.15) is 5.82 Å². The molecule has 0 radical (unpaired) electrons.